The van der Waals surface area contributed by atoms with Crippen molar-refractivity contribution in [1.29, 1.82) is 0 Å². The highest BCUT2D eigenvalue weighted by molar-refractivity contribution is 6.53. The molecule has 0 aromatic rings. The van der Waals surface area contributed by atoms with Gasteiger partial charge in [0.25, 0.3) is 0 Å². The van der Waals surface area contributed by atoms with Crippen LogP contribution in [-0.2, 0) is 4.43 Å². The fourth-order valence-electron chi connectivity index (χ4n) is 1.34. The second-order valence-electron chi connectivity index (χ2n) is 3.95. The van der Waals surface area contributed by atoms with Crippen LogP contribution in [0.4, 0.5) is 0 Å². The van der Waals surface area contributed by atoms with Crippen molar-refractivity contribution >= 4 is 9.04 Å². The van der Waals surface area contributed by atoms with Gasteiger partial charge in [0.15, 0.2) is 0 Å². The molecule has 2 heteroatoms. The van der Waals surface area contributed by atoms with Gasteiger partial charge in [0.1, 0.15) is 0 Å². The third-order valence-corrected chi connectivity index (χ3v) is 4.33. The normalized spacial score (nSPS) is 12.8. The quantitative estimate of drug-likeness (QED) is 0.424. The van der Waals surface area contributed by atoms with E-state index in [1.54, 1.807) is 0 Å². The Morgan fingerprint density at radius 3 is 1.93 bits per heavy atom. The molecule has 0 aliphatic heterocycles. The van der Waals surface area contributed by atoms with Crippen LogP contribution in [0.15, 0.2) is 38.0 Å². The number of hydrogen-bond acceptors (Lipinski definition) is 1. The van der Waals surface area contributed by atoms with Crippen LogP contribution >= 0.6 is 0 Å². The summed E-state index contributed by atoms with van der Waals surface area (Å²) in [7, 11) is -0.796. The van der Waals surface area contributed by atoms with Crippen molar-refractivity contribution in [1.82, 2.24) is 0 Å². The Balaban J connectivity index is 4.23. The van der Waals surface area contributed by atoms with Gasteiger partial charge in [-0.2, -0.15) is 0 Å². The Kier molecular flexibility index (Phi) is 8.34. The van der Waals surface area contributed by atoms with Crippen LogP contribution in [-0.4, -0.2) is 15.1 Å². The molecule has 85 valence electrons. The van der Waals surface area contributed by atoms with Gasteiger partial charge in [-0.25, -0.2) is 0 Å². The fraction of sp³-hybridized carbons (Fsp3) is 0.538. The van der Waals surface area contributed by atoms with Crippen LogP contribution in [0.25, 0.3) is 0 Å². The standard InChI is InChI=1S/C13H23OSi/c1-6-9-13(12(4)5)14-15(10-7-2)11-8-3/h6-8,12-13H,1-3,9-11H2,4-5H3/t13-/m0/s1. The minimum absolute atomic E-state index is 0.302. The molecule has 0 aromatic heterocycles. The summed E-state index contributed by atoms with van der Waals surface area (Å²) >= 11 is 0. The molecule has 0 unspecified atom stereocenters. The maximum atomic E-state index is 6.12. The minimum Gasteiger partial charge on any atom is -0.413 e. The second kappa shape index (κ2) is 8.68. The summed E-state index contributed by atoms with van der Waals surface area (Å²) in [6, 6.07) is 1.97. The lowest BCUT2D eigenvalue weighted by Gasteiger charge is -2.24. The van der Waals surface area contributed by atoms with Gasteiger partial charge >= 0.3 is 0 Å². The molecule has 0 amide bonds. The molecule has 0 aromatic carbocycles. The third-order valence-electron chi connectivity index (χ3n) is 2.20. The van der Waals surface area contributed by atoms with Crippen molar-refractivity contribution in [2.24, 2.45) is 5.92 Å². The first-order valence-electron chi connectivity index (χ1n) is 5.49. The smallest absolute Gasteiger partial charge is 0.219 e. The van der Waals surface area contributed by atoms with Crippen LogP contribution in [0.3, 0.4) is 0 Å². The van der Waals surface area contributed by atoms with Crippen LogP contribution in [0.5, 0.6) is 0 Å². The summed E-state index contributed by atoms with van der Waals surface area (Å²) in [5.41, 5.74) is 0. The molecule has 1 nitrogen and oxygen atoms in total. The van der Waals surface area contributed by atoms with Crippen LogP contribution in [0, 0.1) is 5.92 Å². The molecule has 0 saturated heterocycles. The van der Waals surface area contributed by atoms with Crippen LogP contribution in [0.2, 0.25) is 12.1 Å². The first kappa shape index (κ1) is 14.4. The maximum Gasteiger partial charge on any atom is 0.219 e. The molecule has 0 bridgehead atoms. The van der Waals surface area contributed by atoms with Crippen LogP contribution in [0.1, 0.15) is 20.3 Å². The van der Waals surface area contributed by atoms with Gasteiger partial charge < -0.3 is 4.43 Å². The van der Waals surface area contributed by atoms with Crippen molar-refractivity contribution < 1.29 is 4.43 Å². The second-order valence-corrected chi connectivity index (χ2v) is 6.08. The first-order valence-corrected chi connectivity index (χ1v) is 7.32. The molecule has 0 rings (SSSR count). The average molecular weight is 223 g/mol. The zero-order valence-corrected chi connectivity index (χ0v) is 11.0. The Hall–Kier alpha value is -0.603. The summed E-state index contributed by atoms with van der Waals surface area (Å²) < 4.78 is 6.12. The number of allylic oxidation sites excluding steroid dienone is 2. The molecule has 0 spiro atoms. The topological polar surface area (TPSA) is 9.23 Å². The summed E-state index contributed by atoms with van der Waals surface area (Å²) in [6.07, 6.45) is 7.06. The highest BCUT2D eigenvalue weighted by Crippen LogP contribution is 2.16. The van der Waals surface area contributed by atoms with E-state index in [1.165, 1.54) is 0 Å². The lowest BCUT2D eigenvalue weighted by atomic mass is 10.1. The van der Waals surface area contributed by atoms with Crippen molar-refractivity contribution in [3.63, 3.8) is 0 Å². The zero-order valence-electron chi connectivity index (χ0n) is 10.0. The van der Waals surface area contributed by atoms with Crippen molar-refractivity contribution in [2.75, 3.05) is 0 Å². The molecule has 1 atom stereocenters. The predicted molar refractivity (Wildman–Crippen MR) is 70.3 cm³/mol. The maximum absolute atomic E-state index is 6.12. The monoisotopic (exact) mass is 223 g/mol. The van der Waals surface area contributed by atoms with Crippen molar-refractivity contribution in [3.8, 4) is 0 Å². The molecule has 1 radical (unpaired) electrons. The van der Waals surface area contributed by atoms with E-state index in [2.05, 4.69) is 33.6 Å². The van der Waals surface area contributed by atoms with Gasteiger partial charge in [-0.05, 0) is 24.4 Å². The van der Waals surface area contributed by atoms with Gasteiger partial charge in [-0.15, -0.1) is 19.7 Å². The Labute approximate surface area is 96.3 Å². The fourth-order valence-corrected chi connectivity index (χ4v) is 3.14. The first-order chi connectivity index (χ1) is 7.15. The zero-order chi connectivity index (χ0) is 11.7. The average Bonchev–Trinajstić information content (AvgIpc) is 2.17. The lowest BCUT2D eigenvalue weighted by molar-refractivity contribution is 0.153. The summed E-state index contributed by atoms with van der Waals surface area (Å²) in [5, 5.41) is 0. The predicted octanol–water partition coefficient (Wildman–Crippen LogP) is 3.97. The molecule has 15 heavy (non-hydrogen) atoms. The van der Waals surface area contributed by atoms with Gasteiger partial charge in [0.2, 0.25) is 9.04 Å². The highest BCUT2D eigenvalue weighted by Gasteiger charge is 2.18. The van der Waals surface area contributed by atoms with E-state index in [4.69, 9.17) is 4.43 Å². The molecule has 0 heterocycles. The molecule has 0 saturated carbocycles. The van der Waals surface area contributed by atoms with Gasteiger partial charge in [0.05, 0.1) is 6.10 Å². The molecule has 0 N–H and O–H groups in total. The summed E-state index contributed by atoms with van der Waals surface area (Å²) in [6.45, 7) is 15.7. The molecule has 0 aliphatic rings. The summed E-state index contributed by atoms with van der Waals surface area (Å²) in [4.78, 5) is 0. The van der Waals surface area contributed by atoms with E-state index < -0.39 is 9.04 Å². The number of hydrogen-bond donors (Lipinski definition) is 0. The Morgan fingerprint density at radius 2 is 1.60 bits per heavy atom. The number of rotatable bonds is 9. The van der Waals surface area contributed by atoms with Crippen molar-refractivity contribution in [2.45, 2.75) is 38.5 Å². The molecule has 0 fully saturated rings. The van der Waals surface area contributed by atoms with E-state index in [-0.39, 0.29) is 0 Å². The molecule has 0 aliphatic carbocycles. The van der Waals surface area contributed by atoms with Gasteiger partial charge in [-0.1, -0.05) is 32.1 Å². The summed E-state index contributed by atoms with van der Waals surface area (Å²) in [5.74, 6) is 0.539. The van der Waals surface area contributed by atoms with Crippen molar-refractivity contribution in [3.05, 3.63) is 38.0 Å². The minimum atomic E-state index is -0.796. The Bertz CT molecular complexity index is 189. The van der Waals surface area contributed by atoms with Gasteiger partial charge in [-0.3, -0.25) is 0 Å². The van der Waals surface area contributed by atoms with E-state index in [9.17, 15) is 0 Å². The van der Waals surface area contributed by atoms with E-state index >= 15 is 0 Å². The molecular weight excluding hydrogens is 200 g/mol. The highest BCUT2D eigenvalue weighted by atomic mass is 28.3. The SMILES string of the molecule is C=CC[C@H](O[Si](CC=C)CC=C)C(C)C. The largest absolute Gasteiger partial charge is 0.413 e. The van der Waals surface area contributed by atoms with E-state index in [1.807, 2.05) is 18.2 Å². The Morgan fingerprint density at radius 1 is 1.07 bits per heavy atom. The van der Waals surface area contributed by atoms with Gasteiger partial charge in [0, 0.05) is 0 Å². The van der Waals surface area contributed by atoms with Crippen LogP contribution < -0.4 is 0 Å². The third kappa shape index (κ3) is 6.47. The van der Waals surface area contributed by atoms with E-state index in [0.29, 0.717) is 12.0 Å². The molecular formula is C13H23OSi. The van der Waals surface area contributed by atoms with E-state index in [0.717, 1.165) is 18.5 Å². The lowest BCUT2D eigenvalue weighted by Crippen LogP contribution is -2.28.